The van der Waals surface area contributed by atoms with Crippen molar-refractivity contribution in [2.45, 2.75) is 65.7 Å². The summed E-state index contributed by atoms with van der Waals surface area (Å²) in [4.78, 5) is 46.2. The fourth-order valence-electron chi connectivity index (χ4n) is 4.98. The molecule has 2 amide bonds. The molecule has 0 bridgehead atoms. The van der Waals surface area contributed by atoms with Gasteiger partial charge in [-0.1, -0.05) is 12.1 Å². The van der Waals surface area contributed by atoms with Crippen LogP contribution in [0.15, 0.2) is 54.9 Å². The van der Waals surface area contributed by atoms with Gasteiger partial charge in [-0.25, -0.2) is 24.5 Å². The molecule has 1 aliphatic rings. The first kappa shape index (κ1) is 35.4. The zero-order chi connectivity index (χ0) is 34.2. The molecule has 0 spiro atoms. The number of aromatic nitrogens is 3. The zero-order valence-electron chi connectivity index (χ0n) is 29.1. The molecule has 0 saturated carbocycles. The van der Waals surface area contributed by atoms with Crippen LogP contribution in [-0.4, -0.2) is 106 Å². The Labute approximate surface area is 279 Å². The SMILES string of the molecule is CN(CCCN(C)c1ccc(-c2ccnc(Nc3cccc(CN4CCN(C(=O)OC(C)(C)C)CC4)c3)n2)cn1)C(=O)OC(C)(C)C. The van der Waals surface area contributed by atoms with Crippen LogP contribution in [0.3, 0.4) is 0 Å². The summed E-state index contributed by atoms with van der Waals surface area (Å²) in [6, 6.07) is 14.1. The normalized spacial score (nSPS) is 14.0. The van der Waals surface area contributed by atoms with Crippen molar-refractivity contribution in [2.75, 3.05) is 63.6 Å². The maximum Gasteiger partial charge on any atom is 0.410 e. The van der Waals surface area contributed by atoms with E-state index in [1.807, 2.05) is 85.1 Å². The van der Waals surface area contributed by atoms with Gasteiger partial charge in [-0.3, -0.25) is 4.90 Å². The molecule has 0 unspecified atom stereocenters. The monoisotopic (exact) mass is 646 g/mol. The van der Waals surface area contributed by atoms with Crippen molar-refractivity contribution in [3.8, 4) is 11.3 Å². The van der Waals surface area contributed by atoms with Crippen molar-refractivity contribution < 1.29 is 19.1 Å². The van der Waals surface area contributed by atoms with Gasteiger partial charge in [0, 0.05) is 83.6 Å². The number of amides is 2. The van der Waals surface area contributed by atoms with Crippen molar-refractivity contribution in [3.05, 3.63) is 60.4 Å². The quantitative estimate of drug-likeness (QED) is 0.280. The van der Waals surface area contributed by atoms with Gasteiger partial charge in [-0.2, -0.15) is 0 Å². The Morgan fingerprint density at radius 1 is 0.894 bits per heavy atom. The lowest BCUT2D eigenvalue weighted by Crippen LogP contribution is -2.49. The summed E-state index contributed by atoms with van der Waals surface area (Å²) in [5.41, 5.74) is 2.72. The number of rotatable bonds is 10. The minimum Gasteiger partial charge on any atom is -0.444 e. The van der Waals surface area contributed by atoms with Crippen LogP contribution in [0.1, 0.15) is 53.5 Å². The van der Waals surface area contributed by atoms with Gasteiger partial charge in [-0.05, 0) is 83.9 Å². The van der Waals surface area contributed by atoms with Crippen LogP contribution in [0.25, 0.3) is 11.3 Å². The van der Waals surface area contributed by atoms with Gasteiger partial charge >= 0.3 is 12.2 Å². The summed E-state index contributed by atoms with van der Waals surface area (Å²) in [5.74, 6) is 1.34. The fourth-order valence-corrected chi connectivity index (χ4v) is 4.98. The van der Waals surface area contributed by atoms with E-state index < -0.39 is 11.2 Å². The third-order valence-electron chi connectivity index (χ3n) is 7.40. The van der Waals surface area contributed by atoms with Gasteiger partial charge in [0.2, 0.25) is 5.95 Å². The first-order valence-electron chi connectivity index (χ1n) is 16.2. The lowest BCUT2D eigenvalue weighted by atomic mass is 10.1. The van der Waals surface area contributed by atoms with Crippen LogP contribution < -0.4 is 10.2 Å². The summed E-state index contributed by atoms with van der Waals surface area (Å²) < 4.78 is 10.9. The first-order valence-corrected chi connectivity index (χ1v) is 16.2. The van der Waals surface area contributed by atoms with Crippen LogP contribution in [0.4, 0.5) is 27.0 Å². The molecule has 47 heavy (non-hydrogen) atoms. The van der Waals surface area contributed by atoms with E-state index in [0.717, 1.165) is 60.9 Å². The van der Waals surface area contributed by atoms with E-state index in [2.05, 4.69) is 37.2 Å². The predicted molar refractivity (Wildman–Crippen MR) is 185 cm³/mol. The molecule has 12 heteroatoms. The summed E-state index contributed by atoms with van der Waals surface area (Å²) >= 11 is 0. The van der Waals surface area contributed by atoms with E-state index in [4.69, 9.17) is 14.5 Å². The second kappa shape index (κ2) is 15.4. The maximum atomic E-state index is 12.4. The molecule has 1 saturated heterocycles. The lowest BCUT2D eigenvalue weighted by Gasteiger charge is -2.35. The van der Waals surface area contributed by atoms with E-state index in [9.17, 15) is 9.59 Å². The van der Waals surface area contributed by atoms with E-state index in [1.165, 1.54) is 0 Å². The average molecular weight is 647 g/mol. The Bertz CT molecular complexity index is 1480. The van der Waals surface area contributed by atoms with Gasteiger partial charge in [0.1, 0.15) is 17.0 Å². The van der Waals surface area contributed by atoms with E-state index >= 15 is 0 Å². The summed E-state index contributed by atoms with van der Waals surface area (Å²) in [5, 5.41) is 3.34. The lowest BCUT2D eigenvalue weighted by molar-refractivity contribution is 0.0138. The van der Waals surface area contributed by atoms with Crippen molar-refractivity contribution in [3.63, 3.8) is 0 Å². The highest BCUT2D eigenvalue weighted by atomic mass is 16.6. The molecular weight excluding hydrogens is 596 g/mol. The first-order chi connectivity index (χ1) is 22.1. The number of pyridine rings is 1. The van der Waals surface area contributed by atoms with Gasteiger partial charge in [0.25, 0.3) is 0 Å². The van der Waals surface area contributed by atoms with Gasteiger partial charge in [-0.15, -0.1) is 0 Å². The van der Waals surface area contributed by atoms with Crippen molar-refractivity contribution in [1.82, 2.24) is 29.7 Å². The highest BCUT2D eigenvalue weighted by Gasteiger charge is 2.26. The molecule has 0 aliphatic carbocycles. The fraction of sp³-hybridized carbons (Fsp3) is 0.514. The topological polar surface area (TPSA) is 116 Å². The standard InChI is InChI=1S/C35H50N8O4/c1-34(2,3)46-32(44)41(8)18-10-17-40(7)30-14-13-27(24-37-30)29-15-16-36-31(39-29)38-28-12-9-11-26(23-28)25-42-19-21-43(22-20-42)33(45)47-35(4,5)6/h9,11-16,23-24H,10,17-22,25H2,1-8H3,(H,36,38,39). The molecule has 0 radical (unpaired) electrons. The van der Waals surface area contributed by atoms with E-state index in [1.54, 1.807) is 23.0 Å². The Morgan fingerprint density at radius 2 is 1.62 bits per heavy atom. The van der Waals surface area contributed by atoms with Crippen LogP contribution >= 0.6 is 0 Å². The van der Waals surface area contributed by atoms with Crippen molar-refractivity contribution >= 4 is 29.6 Å². The molecule has 4 rings (SSSR count). The minimum absolute atomic E-state index is 0.249. The van der Waals surface area contributed by atoms with Crippen molar-refractivity contribution in [1.29, 1.82) is 0 Å². The Hall–Kier alpha value is -4.45. The largest absolute Gasteiger partial charge is 0.444 e. The highest BCUT2D eigenvalue weighted by Crippen LogP contribution is 2.22. The second-order valence-electron chi connectivity index (χ2n) is 13.9. The third-order valence-corrected chi connectivity index (χ3v) is 7.40. The molecule has 1 N–H and O–H groups in total. The van der Waals surface area contributed by atoms with Crippen LogP contribution in [-0.2, 0) is 16.0 Å². The third kappa shape index (κ3) is 11.4. The van der Waals surface area contributed by atoms with Crippen molar-refractivity contribution in [2.24, 2.45) is 0 Å². The van der Waals surface area contributed by atoms with Gasteiger partial charge in [0.05, 0.1) is 5.69 Å². The number of piperazine rings is 1. The number of carbonyl (C=O) groups is 2. The van der Waals surface area contributed by atoms with E-state index in [-0.39, 0.29) is 12.2 Å². The Morgan fingerprint density at radius 3 is 2.28 bits per heavy atom. The number of hydrogen-bond donors (Lipinski definition) is 1. The van der Waals surface area contributed by atoms with Gasteiger partial charge in [0.15, 0.2) is 0 Å². The molecule has 254 valence electrons. The number of anilines is 3. The average Bonchev–Trinajstić information content (AvgIpc) is 3.00. The van der Waals surface area contributed by atoms with E-state index in [0.29, 0.717) is 25.6 Å². The Balaban J connectivity index is 1.28. The molecule has 1 fully saturated rings. The summed E-state index contributed by atoms with van der Waals surface area (Å²) in [7, 11) is 3.74. The summed E-state index contributed by atoms with van der Waals surface area (Å²) in [6.45, 7) is 16.2. The molecule has 3 aromatic rings. The smallest absolute Gasteiger partial charge is 0.410 e. The Kier molecular flexibility index (Phi) is 11.6. The maximum absolute atomic E-state index is 12.4. The molecule has 3 heterocycles. The van der Waals surface area contributed by atoms with Crippen LogP contribution in [0, 0.1) is 0 Å². The number of ether oxygens (including phenoxy) is 2. The number of benzene rings is 1. The molecule has 1 aliphatic heterocycles. The van der Waals surface area contributed by atoms with Crippen LogP contribution in [0.2, 0.25) is 0 Å². The number of hydrogen-bond acceptors (Lipinski definition) is 10. The minimum atomic E-state index is -0.510. The predicted octanol–water partition coefficient (Wildman–Crippen LogP) is 6.03. The van der Waals surface area contributed by atoms with Crippen LogP contribution in [0.5, 0.6) is 0 Å². The number of carbonyl (C=O) groups excluding carboxylic acids is 2. The summed E-state index contributed by atoms with van der Waals surface area (Å²) in [6.07, 6.45) is 3.76. The molecule has 1 aromatic carbocycles. The molecule has 0 atom stereocenters. The second-order valence-corrected chi connectivity index (χ2v) is 13.9. The zero-order valence-corrected chi connectivity index (χ0v) is 29.1. The number of nitrogens with one attached hydrogen (secondary N) is 1. The molecule has 12 nitrogen and oxygen atoms in total. The molecular formula is C35H50N8O4. The number of nitrogens with zero attached hydrogens (tertiary/aromatic N) is 7. The van der Waals surface area contributed by atoms with Gasteiger partial charge < -0.3 is 29.5 Å². The highest BCUT2D eigenvalue weighted by molar-refractivity contribution is 5.68. The molecule has 2 aromatic heterocycles.